The van der Waals surface area contributed by atoms with Crippen molar-refractivity contribution in [2.75, 3.05) is 55.4 Å². The van der Waals surface area contributed by atoms with Crippen LogP contribution in [0.4, 0.5) is 11.4 Å². The number of hydrogen-bond acceptors (Lipinski definition) is 6. The highest BCUT2D eigenvalue weighted by Crippen LogP contribution is 2.27. The molecule has 4 rings (SSSR count). The summed E-state index contributed by atoms with van der Waals surface area (Å²) in [4.78, 5) is 30.4. The Labute approximate surface area is 193 Å². The number of anilines is 2. The van der Waals surface area contributed by atoms with Crippen molar-refractivity contribution in [3.63, 3.8) is 0 Å². The van der Waals surface area contributed by atoms with Gasteiger partial charge in [-0.05, 0) is 43.2 Å². The topological polar surface area (TPSA) is 110 Å². The number of nitrogens with one attached hydrogen (secondary N) is 1. The van der Waals surface area contributed by atoms with Crippen molar-refractivity contribution in [1.82, 2.24) is 9.80 Å². The van der Waals surface area contributed by atoms with Crippen molar-refractivity contribution in [1.29, 1.82) is 0 Å². The van der Waals surface area contributed by atoms with Gasteiger partial charge in [-0.2, -0.15) is 0 Å². The second kappa shape index (κ2) is 9.80. The molecular formula is C23H28N4O5S. The number of carboxylic acids is 1. The lowest BCUT2D eigenvalue weighted by Gasteiger charge is -2.37. The Bertz CT molecular complexity index is 1110. The second-order valence-electron chi connectivity index (χ2n) is 8.31. The standard InChI is InChI=1S/C23H28N4O5S/c28-22(27-10-4-5-11-27)17-25-12-14-26(15-13-25)21-9-8-18(16-20(21)23(29)30)24-33(31,32)19-6-2-1-3-7-19/h1-3,6-9,16,24H,4-5,10-15,17H2,(H,29,30). The number of nitrogens with zero attached hydrogens (tertiary/aromatic N) is 3. The van der Waals surface area contributed by atoms with Crippen LogP contribution in [-0.4, -0.2) is 81.0 Å². The lowest BCUT2D eigenvalue weighted by atomic mass is 10.1. The summed E-state index contributed by atoms with van der Waals surface area (Å²) in [6.45, 7) is 4.54. The van der Waals surface area contributed by atoms with Crippen LogP contribution in [0.15, 0.2) is 53.4 Å². The minimum absolute atomic E-state index is 0.0323. The van der Waals surface area contributed by atoms with Crippen LogP contribution in [0.1, 0.15) is 23.2 Å². The monoisotopic (exact) mass is 472 g/mol. The number of benzene rings is 2. The molecule has 2 heterocycles. The van der Waals surface area contributed by atoms with Gasteiger partial charge >= 0.3 is 5.97 Å². The van der Waals surface area contributed by atoms with Crippen molar-refractivity contribution in [3.05, 3.63) is 54.1 Å². The molecule has 0 spiro atoms. The Kier molecular flexibility index (Phi) is 6.85. The fraction of sp³-hybridized carbons (Fsp3) is 0.391. The first-order valence-corrected chi connectivity index (χ1v) is 12.5. The summed E-state index contributed by atoms with van der Waals surface area (Å²) in [5.74, 6) is -0.973. The van der Waals surface area contributed by atoms with Crippen molar-refractivity contribution in [2.24, 2.45) is 0 Å². The van der Waals surface area contributed by atoms with Crippen molar-refractivity contribution in [2.45, 2.75) is 17.7 Å². The molecule has 2 N–H and O–H groups in total. The number of carbonyl (C=O) groups is 2. The molecule has 2 aromatic carbocycles. The van der Waals surface area contributed by atoms with E-state index in [2.05, 4.69) is 9.62 Å². The van der Waals surface area contributed by atoms with E-state index in [1.807, 2.05) is 9.80 Å². The Morgan fingerprint density at radius 1 is 0.909 bits per heavy atom. The molecule has 176 valence electrons. The Hall–Kier alpha value is -3.11. The number of rotatable bonds is 7. The quantitative estimate of drug-likeness (QED) is 0.634. The smallest absolute Gasteiger partial charge is 0.337 e. The molecule has 0 atom stereocenters. The zero-order valence-corrected chi connectivity index (χ0v) is 19.1. The van der Waals surface area contributed by atoms with E-state index >= 15 is 0 Å². The number of carboxylic acid groups (broad SMARTS) is 1. The van der Waals surface area contributed by atoms with E-state index in [4.69, 9.17) is 0 Å². The van der Waals surface area contributed by atoms with Crippen LogP contribution < -0.4 is 9.62 Å². The lowest BCUT2D eigenvalue weighted by Crippen LogP contribution is -2.50. The minimum atomic E-state index is -3.82. The first-order valence-electron chi connectivity index (χ1n) is 11.0. The molecule has 2 aromatic rings. The highest BCUT2D eigenvalue weighted by molar-refractivity contribution is 7.92. The molecule has 2 fully saturated rings. The maximum absolute atomic E-state index is 12.6. The summed E-state index contributed by atoms with van der Waals surface area (Å²) in [6, 6.07) is 12.5. The van der Waals surface area contributed by atoms with Crippen molar-refractivity contribution in [3.8, 4) is 0 Å². The predicted octanol–water partition coefficient (Wildman–Crippen LogP) is 1.93. The first-order chi connectivity index (χ1) is 15.8. The molecule has 33 heavy (non-hydrogen) atoms. The van der Waals surface area contributed by atoms with Gasteiger partial charge in [0.05, 0.1) is 22.7 Å². The van der Waals surface area contributed by atoms with Crippen LogP contribution in [0, 0.1) is 0 Å². The molecule has 0 unspecified atom stereocenters. The number of sulfonamides is 1. The molecule has 9 nitrogen and oxygen atoms in total. The molecule has 0 radical (unpaired) electrons. The molecular weight excluding hydrogens is 444 g/mol. The van der Waals surface area contributed by atoms with E-state index < -0.39 is 16.0 Å². The third kappa shape index (κ3) is 5.45. The van der Waals surface area contributed by atoms with Crippen LogP contribution in [0.2, 0.25) is 0 Å². The summed E-state index contributed by atoms with van der Waals surface area (Å²) in [6.07, 6.45) is 2.13. The van der Waals surface area contributed by atoms with E-state index in [-0.39, 0.29) is 22.1 Å². The number of hydrogen-bond donors (Lipinski definition) is 2. The highest BCUT2D eigenvalue weighted by atomic mass is 32.2. The van der Waals surface area contributed by atoms with Gasteiger partial charge in [0.1, 0.15) is 0 Å². The number of amides is 1. The van der Waals surface area contributed by atoms with Gasteiger partial charge in [0.15, 0.2) is 0 Å². The minimum Gasteiger partial charge on any atom is -0.478 e. The summed E-state index contributed by atoms with van der Waals surface area (Å²) < 4.78 is 27.6. The molecule has 2 saturated heterocycles. The van der Waals surface area contributed by atoms with E-state index in [0.29, 0.717) is 38.4 Å². The van der Waals surface area contributed by atoms with Gasteiger partial charge in [-0.1, -0.05) is 18.2 Å². The SMILES string of the molecule is O=C(O)c1cc(NS(=O)(=O)c2ccccc2)ccc1N1CCN(CC(=O)N2CCCC2)CC1. The van der Waals surface area contributed by atoms with Crippen LogP contribution in [0.5, 0.6) is 0 Å². The maximum atomic E-state index is 12.6. The molecule has 0 aromatic heterocycles. The molecule has 0 bridgehead atoms. The van der Waals surface area contributed by atoms with Crippen LogP contribution in [-0.2, 0) is 14.8 Å². The highest BCUT2D eigenvalue weighted by Gasteiger charge is 2.26. The zero-order valence-electron chi connectivity index (χ0n) is 18.3. The number of carbonyl (C=O) groups excluding carboxylic acids is 1. The second-order valence-corrected chi connectivity index (χ2v) is 9.99. The molecule has 1 amide bonds. The fourth-order valence-electron chi connectivity index (χ4n) is 4.27. The molecule has 2 aliphatic rings. The Balaban J connectivity index is 1.43. The molecule has 10 heteroatoms. The third-order valence-electron chi connectivity index (χ3n) is 6.06. The van der Waals surface area contributed by atoms with E-state index in [0.717, 1.165) is 25.9 Å². The normalized spacial score (nSPS) is 17.2. The summed E-state index contributed by atoms with van der Waals surface area (Å²) in [7, 11) is -3.82. The number of likely N-dealkylation sites (tertiary alicyclic amines) is 1. The van der Waals surface area contributed by atoms with Gasteiger partial charge in [-0.15, -0.1) is 0 Å². The predicted molar refractivity (Wildman–Crippen MR) is 125 cm³/mol. The fourth-order valence-corrected chi connectivity index (χ4v) is 5.34. The summed E-state index contributed by atoms with van der Waals surface area (Å²) >= 11 is 0. The zero-order chi connectivity index (χ0) is 23.4. The Morgan fingerprint density at radius 3 is 2.21 bits per heavy atom. The first kappa shape index (κ1) is 23.1. The third-order valence-corrected chi connectivity index (χ3v) is 7.46. The van der Waals surface area contributed by atoms with E-state index in [1.165, 1.54) is 18.2 Å². The van der Waals surface area contributed by atoms with E-state index in [9.17, 15) is 23.1 Å². The molecule has 0 aliphatic carbocycles. The average molecular weight is 473 g/mol. The number of aromatic carboxylic acids is 1. The number of piperazine rings is 1. The maximum Gasteiger partial charge on any atom is 0.337 e. The van der Waals surface area contributed by atoms with Crippen molar-refractivity contribution >= 4 is 33.3 Å². The van der Waals surface area contributed by atoms with Crippen LogP contribution >= 0.6 is 0 Å². The van der Waals surface area contributed by atoms with Gasteiger partial charge < -0.3 is 14.9 Å². The van der Waals surface area contributed by atoms with Gasteiger partial charge in [-0.25, -0.2) is 13.2 Å². The lowest BCUT2D eigenvalue weighted by molar-refractivity contribution is -0.131. The van der Waals surface area contributed by atoms with Gasteiger partial charge in [0.2, 0.25) is 5.91 Å². The largest absolute Gasteiger partial charge is 0.478 e. The molecule has 2 aliphatic heterocycles. The summed E-state index contributed by atoms with van der Waals surface area (Å²) in [5.41, 5.74) is 0.760. The van der Waals surface area contributed by atoms with Crippen molar-refractivity contribution < 1.29 is 23.1 Å². The molecule has 0 saturated carbocycles. The van der Waals surface area contributed by atoms with Gasteiger partial charge in [-0.3, -0.25) is 14.4 Å². The van der Waals surface area contributed by atoms with Gasteiger partial charge in [0, 0.05) is 45.0 Å². The van der Waals surface area contributed by atoms with Gasteiger partial charge in [0.25, 0.3) is 10.0 Å². The van der Waals surface area contributed by atoms with E-state index in [1.54, 1.807) is 30.3 Å². The van der Waals surface area contributed by atoms with Crippen LogP contribution in [0.25, 0.3) is 0 Å². The summed E-state index contributed by atoms with van der Waals surface area (Å²) in [5, 5.41) is 9.76. The average Bonchev–Trinajstić information content (AvgIpc) is 3.35. The van der Waals surface area contributed by atoms with Crippen LogP contribution in [0.3, 0.4) is 0 Å². The Morgan fingerprint density at radius 2 is 1.58 bits per heavy atom.